The van der Waals surface area contributed by atoms with Crippen LogP contribution < -0.4 is 5.32 Å². The van der Waals surface area contributed by atoms with Crippen molar-refractivity contribution in [3.05, 3.63) is 29.1 Å². The second kappa shape index (κ2) is 8.71. The number of nitrogens with zero attached hydrogens (tertiary/aromatic N) is 3. The summed E-state index contributed by atoms with van der Waals surface area (Å²) in [5.74, 6) is 0.902. The quantitative estimate of drug-likeness (QED) is 0.813. The van der Waals surface area contributed by atoms with Crippen molar-refractivity contribution in [1.82, 2.24) is 25.1 Å². The van der Waals surface area contributed by atoms with Gasteiger partial charge in [0, 0.05) is 45.7 Å². The summed E-state index contributed by atoms with van der Waals surface area (Å²) in [4.78, 5) is 24.5. The Bertz CT molecular complexity index is 743. The molecule has 7 nitrogen and oxygen atoms in total. The minimum absolute atomic E-state index is 0.0436. The summed E-state index contributed by atoms with van der Waals surface area (Å²) in [6, 6.07) is 4.51. The molecule has 148 valence electrons. The highest BCUT2D eigenvalue weighted by molar-refractivity contribution is 5.77. The maximum Gasteiger partial charge on any atom is 0.317 e. The van der Waals surface area contributed by atoms with Crippen LogP contribution in [0, 0.1) is 13.8 Å². The number of amides is 2. The Morgan fingerprint density at radius 3 is 2.78 bits per heavy atom. The van der Waals surface area contributed by atoms with Gasteiger partial charge in [0.15, 0.2) is 0 Å². The lowest BCUT2D eigenvalue weighted by atomic mass is 10.1. The molecule has 0 aliphatic carbocycles. The monoisotopic (exact) mass is 373 g/mol. The van der Waals surface area contributed by atoms with Gasteiger partial charge in [-0.05, 0) is 44.0 Å². The molecule has 1 atom stereocenters. The third-order valence-corrected chi connectivity index (χ3v) is 5.34. The predicted molar refractivity (Wildman–Crippen MR) is 107 cm³/mol. The molecule has 0 spiro atoms. The Morgan fingerprint density at radius 2 is 2.04 bits per heavy atom. The molecule has 2 aromatic rings. The molecule has 0 bridgehead atoms. The fourth-order valence-corrected chi connectivity index (χ4v) is 3.48. The fraction of sp³-hybridized carbons (Fsp3) is 0.600. The number of morpholine rings is 1. The van der Waals surface area contributed by atoms with Crippen LogP contribution in [0.1, 0.15) is 23.9 Å². The molecule has 1 aromatic carbocycles. The zero-order valence-electron chi connectivity index (χ0n) is 16.8. The molecule has 1 saturated heterocycles. The number of aromatic nitrogens is 2. The lowest BCUT2D eigenvalue weighted by Gasteiger charge is -2.34. The first-order valence-corrected chi connectivity index (χ1v) is 9.70. The third kappa shape index (κ3) is 4.99. The van der Waals surface area contributed by atoms with Crippen molar-refractivity contribution >= 4 is 17.1 Å². The molecule has 1 aromatic heterocycles. The third-order valence-electron chi connectivity index (χ3n) is 5.34. The highest BCUT2D eigenvalue weighted by Gasteiger charge is 2.20. The molecule has 27 heavy (non-hydrogen) atoms. The van der Waals surface area contributed by atoms with E-state index in [1.54, 1.807) is 4.90 Å². The molecule has 0 saturated carbocycles. The number of carbonyl (C=O) groups is 1. The molecular weight excluding hydrogens is 342 g/mol. The summed E-state index contributed by atoms with van der Waals surface area (Å²) in [7, 11) is 1.85. The maximum atomic E-state index is 12.4. The second-order valence-corrected chi connectivity index (χ2v) is 7.50. The number of hydrogen-bond acceptors (Lipinski definition) is 4. The van der Waals surface area contributed by atoms with Crippen LogP contribution in [0.2, 0.25) is 0 Å². The van der Waals surface area contributed by atoms with Crippen LogP contribution >= 0.6 is 0 Å². The van der Waals surface area contributed by atoms with Gasteiger partial charge in [-0.1, -0.05) is 0 Å². The fourth-order valence-electron chi connectivity index (χ4n) is 3.48. The Hall–Kier alpha value is -2.12. The second-order valence-electron chi connectivity index (χ2n) is 7.50. The predicted octanol–water partition coefficient (Wildman–Crippen LogP) is 2.08. The molecule has 2 N–H and O–H groups in total. The van der Waals surface area contributed by atoms with Gasteiger partial charge in [-0.3, -0.25) is 4.90 Å². The van der Waals surface area contributed by atoms with Crippen LogP contribution in [-0.2, 0) is 11.2 Å². The van der Waals surface area contributed by atoms with Crippen LogP contribution in [-0.4, -0.2) is 78.3 Å². The SMILES string of the molecule is Cc1cc2nc(CCNC(=O)N(C)C[C@H](C)N3CCOCC3)[nH]c2cc1C. The van der Waals surface area contributed by atoms with Crippen LogP contribution in [0.25, 0.3) is 11.0 Å². The lowest BCUT2D eigenvalue weighted by Crippen LogP contribution is -2.49. The zero-order valence-corrected chi connectivity index (χ0v) is 16.8. The number of nitrogens with one attached hydrogen (secondary N) is 2. The van der Waals surface area contributed by atoms with E-state index in [1.165, 1.54) is 11.1 Å². The number of carbonyl (C=O) groups excluding carboxylic acids is 1. The first-order valence-electron chi connectivity index (χ1n) is 9.70. The topological polar surface area (TPSA) is 73.5 Å². The summed E-state index contributed by atoms with van der Waals surface area (Å²) in [6.45, 7) is 11.0. The van der Waals surface area contributed by atoms with E-state index in [1.807, 2.05) is 7.05 Å². The van der Waals surface area contributed by atoms with Crippen molar-refractivity contribution in [3.8, 4) is 0 Å². The summed E-state index contributed by atoms with van der Waals surface area (Å²) >= 11 is 0. The Labute approximate surface area is 161 Å². The average molecular weight is 374 g/mol. The Kier molecular flexibility index (Phi) is 6.34. The summed E-state index contributed by atoms with van der Waals surface area (Å²) in [5.41, 5.74) is 4.53. The number of aryl methyl sites for hydroxylation is 2. The number of aromatic amines is 1. The van der Waals surface area contributed by atoms with E-state index in [-0.39, 0.29) is 6.03 Å². The zero-order chi connectivity index (χ0) is 19.4. The van der Waals surface area contributed by atoms with E-state index in [4.69, 9.17) is 4.74 Å². The van der Waals surface area contributed by atoms with E-state index in [2.05, 4.69) is 53.1 Å². The van der Waals surface area contributed by atoms with Crippen LogP contribution in [0.15, 0.2) is 12.1 Å². The lowest BCUT2D eigenvalue weighted by molar-refractivity contribution is 0.0161. The molecule has 3 rings (SSSR count). The van der Waals surface area contributed by atoms with Crippen LogP contribution in [0.5, 0.6) is 0 Å². The summed E-state index contributed by atoms with van der Waals surface area (Å²) < 4.78 is 5.39. The molecule has 0 unspecified atom stereocenters. The number of ether oxygens (including phenoxy) is 1. The number of benzene rings is 1. The van der Waals surface area contributed by atoms with Gasteiger partial charge in [-0.2, -0.15) is 0 Å². The number of H-pyrrole nitrogens is 1. The van der Waals surface area contributed by atoms with Gasteiger partial charge in [0.05, 0.1) is 24.2 Å². The number of urea groups is 1. The van der Waals surface area contributed by atoms with Gasteiger partial charge in [0.2, 0.25) is 0 Å². The Balaban J connectivity index is 1.45. The molecule has 1 aliphatic rings. The van der Waals surface area contributed by atoms with E-state index in [0.29, 0.717) is 25.6 Å². The van der Waals surface area contributed by atoms with Crippen LogP contribution in [0.4, 0.5) is 4.79 Å². The normalized spacial score (nSPS) is 16.4. The van der Waals surface area contributed by atoms with Crippen LogP contribution in [0.3, 0.4) is 0 Å². The highest BCUT2D eigenvalue weighted by Crippen LogP contribution is 2.17. The molecule has 7 heteroatoms. The van der Waals surface area contributed by atoms with E-state index < -0.39 is 0 Å². The van der Waals surface area contributed by atoms with Gasteiger partial charge < -0.3 is 19.9 Å². The van der Waals surface area contributed by atoms with Gasteiger partial charge in [-0.25, -0.2) is 9.78 Å². The van der Waals surface area contributed by atoms with Crippen molar-refractivity contribution in [1.29, 1.82) is 0 Å². The number of likely N-dealkylation sites (N-methyl/N-ethyl adjacent to an activating group) is 1. The molecular formula is C20H31N5O2. The van der Waals surface area contributed by atoms with E-state index in [9.17, 15) is 4.79 Å². The first-order chi connectivity index (χ1) is 12.9. The molecule has 2 amide bonds. The Morgan fingerprint density at radius 1 is 1.33 bits per heavy atom. The van der Waals surface area contributed by atoms with Crippen molar-refractivity contribution in [2.45, 2.75) is 33.2 Å². The number of imidazole rings is 1. The average Bonchev–Trinajstić information content (AvgIpc) is 3.04. The van der Waals surface area contributed by atoms with Gasteiger partial charge in [-0.15, -0.1) is 0 Å². The molecule has 1 aliphatic heterocycles. The maximum absolute atomic E-state index is 12.4. The van der Waals surface area contributed by atoms with E-state index in [0.717, 1.165) is 43.2 Å². The number of rotatable bonds is 6. The number of fused-ring (bicyclic) bond motifs is 1. The molecule has 2 heterocycles. The van der Waals surface area contributed by atoms with Crippen molar-refractivity contribution in [2.75, 3.05) is 46.4 Å². The van der Waals surface area contributed by atoms with E-state index >= 15 is 0 Å². The largest absolute Gasteiger partial charge is 0.379 e. The van der Waals surface area contributed by atoms with Gasteiger partial charge in [0.1, 0.15) is 5.82 Å². The van der Waals surface area contributed by atoms with Crippen molar-refractivity contribution in [3.63, 3.8) is 0 Å². The smallest absolute Gasteiger partial charge is 0.317 e. The highest BCUT2D eigenvalue weighted by atomic mass is 16.5. The molecule has 0 radical (unpaired) electrons. The standard InChI is InChI=1S/C20H31N5O2/c1-14-11-17-18(12-15(14)2)23-19(22-17)5-6-21-20(26)24(4)13-16(3)25-7-9-27-10-8-25/h11-12,16H,5-10,13H2,1-4H3,(H,21,26)(H,22,23)/t16-/m0/s1. The van der Waals surface area contributed by atoms with Gasteiger partial charge >= 0.3 is 6.03 Å². The summed E-state index contributed by atoms with van der Waals surface area (Å²) in [6.07, 6.45) is 0.686. The van der Waals surface area contributed by atoms with Crippen molar-refractivity contribution in [2.24, 2.45) is 0 Å². The first kappa shape index (κ1) is 19.6. The van der Waals surface area contributed by atoms with Crippen molar-refractivity contribution < 1.29 is 9.53 Å². The minimum atomic E-state index is -0.0436. The molecule has 1 fully saturated rings. The number of hydrogen-bond donors (Lipinski definition) is 2. The van der Waals surface area contributed by atoms with Gasteiger partial charge in [0.25, 0.3) is 0 Å². The summed E-state index contributed by atoms with van der Waals surface area (Å²) in [5, 5.41) is 2.99. The minimum Gasteiger partial charge on any atom is -0.379 e.